The average molecular weight is 401 g/mol. The van der Waals surface area contributed by atoms with Gasteiger partial charge in [-0.15, -0.1) is 0 Å². The third-order valence-electron chi connectivity index (χ3n) is 3.70. The SMILES string of the molecule is CCNS(=O)(=O)c1ccc(/C=C/C(=O)Nc2cc(C)ccc2NC(C)=O)cc1. The highest BCUT2D eigenvalue weighted by atomic mass is 32.2. The quantitative estimate of drug-likeness (QED) is 0.621. The van der Waals surface area contributed by atoms with E-state index in [9.17, 15) is 18.0 Å². The van der Waals surface area contributed by atoms with E-state index in [0.717, 1.165) is 5.56 Å². The molecule has 28 heavy (non-hydrogen) atoms. The minimum atomic E-state index is -3.51. The van der Waals surface area contributed by atoms with Crippen molar-refractivity contribution >= 4 is 39.3 Å². The lowest BCUT2D eigenvalue weighted by Crippen LogP contribution is -2.22. The van der Waals surface area contributed by atoms with E-state index in [-0.39, 0.29) is 16.7 Å². The molecule has 0 bridgehead atoms. The molecule has 0 fully saturated rings. The molecular weight excluding hydrogens is 378 g/mol. The summed E-state index contributed by atoms with van der Waals surface area (Å²) < 4.78 is 26.3. The molecule has 0 spiro atoms. The van der Waals surface area contributed by atoms with E-state index >= 15 is 0 Å². The Morgan fingerprint density at radius 2 is 1.68 bits per heavy atom. The Kier molecular flexibility index (Phi) is 7.08. The molecule has 0 saturated heterocycles. The molecule has 0 radical (unpaired) electrons. The van der Waals surface area contributed by atoms with Crippen molar-refractivity contribution in [2.75, 3.05) is 17.2 Å². The zero-order chi connectivity index (χ0) is 20.7. The van der Waals surface area contributed by atoms with Gasteiger partial charge in [0.25, 0.3) is 0 Å². The lowest BCUT2D eigenvalue weighted by atomic mass is 10.2. The topological polar surface area (TPSA) is 104 Å². The summed E-state index contributed by atoms with van der Waals surface area (Å²) in [5.74, 6) is -0.607. The van der Waals surface area contributed by atoms with Gasteiger partial charge in [0.1, 0.15) is 0 Å². The Hall–Kier alpha value is -2.97. The van der Waals surface area contributed by atoms with Crippen LogP contribution in [0.5, 0.6) is 0 Å². The zero-order valence-corrected chi connectivity index (χ0v) is 16.8. The summed E-state index contributed by atoms with van der Waals surface area (Å²) >= 11 is 0. The number of benzene rings is 2. The van der Waals surface area contributed by atoms with Crippen LogP contribution in [0.15, 0.2) is 53.4 Å². The maximum atomic E-state index is 12.2. The Balaban J connectivity index is 2.10. The smallest absolute Gasteiger partial charge is 0.248 e. The summed E-state index contributed by atoms with van der Waals surface area (Å²) in [7, 11) is -3.51. The lowest BCUT2D eigenvalue weighted by Gasteiger charge is -2.11. The van der Waals surface area contributed by atoms with Crippen molar-refractivity contribution in [2.24, 2.45) is 0 Å². The molecule has 2 rings (SSSR count). The Bertz CT molecular complexity index is 997. The van der Waals surface area contributed by atoms with Crippen LogP contribution in [0.1, 0.15) is 25.0 Å². The first-order valence-electron chi connectivity index (χ1n) is 8.68. The Labute approximate surface area is 164 Å². The van der Waals surface area contributed by atoms with E-state index in [0.29, 0.717) is 23.5 Å². The molecular formula is C20H23N3O4S. The summed E-state index contributed by atoms with van der Waals surface area (Å²) in [5.41, 5.74) is 2.62. The van der Waals surface area contributed by atoms with Crippen molar-refractivity contribution in [2.45, 2.75) is 25.7 Å². The first kappa shape index (κ1) is 21.3. The van der Waals surface area contributed by atoms with Crippen molar-refractivity contribution < 1.29 is 18.0 Å². The van der Waals surface area contributed by atoms with Gasteiger partial charge in [-0.3, -0.25) is 9.59 Å². The predicted octanol–water partition coefficient (Wildman–Crippen LogP) is 2.90. The molecule has 0 atom stereocenters. The molecule has 2 aromatic rings. The number of hydrogen-bond acceptors (Lipinski definition) is 4. The molecule has 7 nitrogen and oxygen atoms in total. The number of nitrogens with one attached hydrogen (secondary N) is 3. The van der Waals surface area contributed by atoms with Gasteiger partial charge in [-0.05, 0) is 48.4 Å². The van der Waals surface area contributed by atoms with Crippen molar-refractivity contribution in [1.82, 2.24) is 4.72 Å². The summed E-state index contributed by atoms with van der Waals surface area (Å²) in [5, 5.41) is 5.40. The second-order valence-corrected chi connectivity index (χ2v) is 7.89. The van der Waals surface area contributed by atoms with Crippen LogP contribution in [-0.2, 0) is 19.6 Å². The van der Waals surface area contributed by atoms with Gasteiger partial charge in [-0.2, -0.15) is 0 Å². The van der Waals surface area contributed by atoms with Gasteiger partial charge in [0.15, 0.2) is 0 Å². The number of carbonyl (C=O) groups excluding carboxylic acids is 2. The maximum absolute atomic E-state index is 12.2. The summed E-state index contributed by atoms with van der Waals surface area (Å²) in [6, 6.07) is 11.5. The number of hydrogen-bond donors (Lipinski definition) is 3. The normalized spacial score (nSPS) is 11.4. The highest BCUT2D eigenvalue weighted by Gasteiger charge is 2.11. The van der Waals surface area contributed by atoms with E-state index in [2.05, 4.69) is 15.4 Å². The van der Waals surface area contributed by atoms with Gasteiger partial charge in [0.05, 0.1) is 16.3 Å². The monoisotopic (exact) mass is 401 g/mol. The van der Waals surface area contributed by atoms with Gasteiger partial charge < -0.3 is 10.6 Å². The van der Waals surface area contributed by atoms with Crippen molar-refractivity contribution in [3.8, 4) is 0 Å². The molecule has 0 heterocycles. The minimum absolute atomic E-state index is 0.163. The van der Waals surface area contributed by atoms with Crippen molar-refractivity contribution in [1.29, 1.82) is 0 Å². The summed E-state index contributed by atoms with van der Waals surface area (Å²) in [4.78, 5) is 23.7. The van der Waals surface area contributed by atoms with E-state index in [1.165, 1.54) is 25.1 Å². The van der Waals surface area contributed by atoms with E-state index in [4.69, 9.17) is 0 Å². The number of aryl methyl sites for hydroxylation is 1. The van der Waals surface area contributed by atoms with E-state index in [1.807, 2.05) is 13.0 Å². The van der Waals surface area contributed by atoms with Gasteiger partial charge in [0, 0.05) is 19.5 Å². The van der Waals surface area contributed by atoms with Gasteiger partial charge in [-0.1, -0.05) is 25.1 Å². The third-order valence-corrected chi connectivity index (χ3v) is 5.26. The van der Waals surface area contributed by atoms with Crippen LogP contribution in [-0.4, -0.2) is 26.8 Å². The fraction of sp³-hybridized carbons (Fsp3) is 0.200. The summed E-state index contributed by atoms with van der Waals surface area (Å²) in [6.07, 6.45) is 2.92. The highest BCUT2D eigenvalue weighted by molar-refractivity contribution is 7.89. The zero-order valence-electron chi connectivity index (χ0n) is 15.9. The molecule has 0 aliphatic heterocycles. The number of amides is 2. The summed E-state index contributed by atoms with van der Waals surface area (Å²) in [6.45, 7) is 5.29. The van der Waals surface area contributed by atoms with Crippen molar-refractivity contribution in [3.05, 3.63) is 59.7 Å². The van der Waals surface area contributed by atoms with Gasteiger partial charge in [0.2, 0.25) is 21.8 Å². The largest absolute Gasteiger partial charge is 0.325 e. The van der Waals surface area contributed by atoms with Crippen LogP contribution >= 0.6 is 0 Å². The number of rotatable bonds is 7. The molecule has 148 valence electrons. The third kappa shape index (κ3) is 6.04. The maximum Gasteiger partial charge on any atom is 0.248 e. The second kappa shape index (κ2) is 9.29. The molecule has 0 aromatic heterocycles. The molecule has 0 unspecified atom stereocenters. The van der Waals surface area contributed by atoms with Gasteiger partial charge in [-0.25, -0.2) is 13.1 Å². The molecule has 2 aromatic carbocycles. The Morgan fingerprint density at radius 3 is 2.29 bits per heavy atom. The fourth-order valence-electron chi connectivity index (χ4n) is 2.44. The van der Waals surface area contributed by atoms with Crippen molar-refractivity contribution in [3.63, 3.8) is 0 Å². The van der Waals surface area contributed by atoms with E-state index in [1.54, 1.807) is 37.3 Å². The molecule has 3 N–H and O–H groups in total. The van der Waals surface area contributed by atoms with Crippen LogP contribution in [0.4, 0.5) is 11.4 Å². The highest BCUT2D eigenvalue weighted by Crippen LogP contribution is 2.23. The molecule has 8 heteroatoms. The first-order valence-corrected chi connectivity index (χ1v) is 10.2. The number of sulfonamides is 1. The van der Waals surface area contributed by atoms with Crippen LogP contribution in [0.25, 0.3) is 6.08 Å². The standard InChI is InChI=1S/C20H23N3O4S/c1-4-21-28(26,27)17-9-6-16(7-10-17)8-12-20(25)23-19-13-14(2)5-11-18(19)22-15(3)24/h5-13,21H,4H2,1-3H3,(H,22,24)(H,23,25)/b12-8+. The van der Waals surface area contributed by atoms with Crippen LogP contribution < -0.4 is 15.4 Å². The first-order chi connectivity index (χ1) is 13.2. The predicted molar refractivity (Wildman–Crippen MR) is 110 cm³/mol. The molecule has 0 aliphatic rings. The molecule has 2 amide bonds. The molecule has 0 saturated carbocycles. The van der Waals surface area contributed by atoms with Crippen LogP contribution in [0.3, 0.4) is 0 Å². The average Bonchev–Trinajstić information content (AvgIpc) is 2.62. The number of carbonyl (C=O) groups is 2. The lowest BCUT2D eigenvalue weighted by molar-refractivity contribution is -0.114. The van der Waals surface area contributed by atoms with Crippen LogP contribution in [0, 0.1) is 6.92 Å². The second-order valence-electron chi connectivity index (χ2n) is 6.12. The molecule has 0 aliphatic carbocycles. The minimum Gasteiger partial charge on any atom is -0.325 e. The number of anilines is 2. The van der Waals surface area contributed by atoms with Crippen LogP contribution in [0.2, 0.25) is 0 Å². The van der Waals surface area contributed by atoms with Gasteiger partial charge >= 0.3 is 0 Å². The Morgan fingerprint density at radius 1 is 1.00 bits per heavy atom. The fourth-order valence-corrected chi connectivity index (χ4v) is 3.48. The van der Waals surface area contributed by atoms with E-state index < -0.39 is 10.0 Å².